The highest BCUT2D eigenvalue weighted by Gasteiger charge is 2.20. The number of primary amides is 1. The van der Waals surface area contributed by atoms with Crippen LogP contribution in [0, 0.1) is 5.92 Å². The van der Waals surface area contributed by atoms with Gasteiger partial charge in [0.15, 0.2) is 12.6 Å². The molecule has 0 heterocycles. The number of aliphatic imine (C=N–C) groups is 1. The summed E-state index contributed by atoms with van der Waals surface area (Å²) < 4.78 is 5.35. The Morgan fingerprint density at radius 3 is 2.69 bits per heavy atom. The summed E-state index contributed by atoms with van der Waals surface area (Å²) in [6, 6.07) is 8.10. The maximum absolute atomic E-state index is 10.8. The zero-order chi connectivity index (χ0) is 18.8. The molecule has 1 fully saturated rings. The average molecular weight is 361 g/mol. The highest BCUT2D eigenvalue weighted by Crippen LogP contribution is 2.26. The monoisotopic (exact) mass is 360 g/mol. The molecule has 1 aromatic carbocycles. The van der Waals surface area contributed by atoms with Crippen molar-refractivity contribution in [2.45, 2.75) is 58.5 Å². The predicted molar refractivity (Wildman–Crippen MR) is 105 cm³/mol. The summed E-state index contributed by atoms with van der Waals surface area (Å²) >= 11 is 0. The van der Waals surface area contributed by atoms with Crippen molar-refractivity contribution in [2.24, 2.45) is 16.6 Å². The molecule has 0 saturated heterocycles. The van der Waals surface area contributed by atoms with Crippen molar-refractivity contribution in [2.75, 3.05) is 13.2 Å². The summed E-state index contributed by atoms with van der Waals surface area (Å²) in [5.74, 6) is 1.89. The fraction of sp³-hybridized carbons (Fsp3) is 0.600. The van der Waals surface area contributed by atoms with E-state index in [0.29, 0.717) is 18.3 Å². The minimum Gasteiger partial charge on any atom is -0.484 e. The number of hydrogen-bond acceptors (Lipinski definition) is 3. The molecule has 0 aromatic heterocycles. The Labute approximate surface area is 156 Å². The van der Waals surface area contributed by atoms with Crippen LogP contribution in [0.3, 0.4) is 0 Å². The maximum Gasteiger partial charge on any atom is 0.255 e. The van der Waals surface area contributed by atoms with Crippen LogP contribution >= 0.6 is 0 Å². The van der Waals surface area contributed by atoms with Crippen molar-refractivity contribution >= 4 is 11.9 Å². The van der Waals surface area contributed by atoms with E-state index in [1.54, 1.807) is 0 Å². The molecule has 4 N–H and O–H groups in total. The fourth-order valence-electron chi connectivity index (χ4n) is 3.29. The van der Waals surface area contributed by atoms with E-state index in [2.05, 4.69) is 24.5 Å². The molecule has 1 aliphatic carbocycles. The standard InChI is InChI=1S/C20H32N4O2/c1-3-15-8-10-17(11-9-15)24-20(22-4-2)23-13-16-6-5-7-18(12-16)26-14-19(21)25/h5-7,12,15,17H,3-4,8-11,13-14H2,1-2H3,(H2,21,25)(H2,22,23,24). The van der Waals surface area contributed by atoms with Crippen LogP contribution in [0.5, 0.6) is 5.75 Å². The van der Waals surface area contributed by atoms with Crippen molar-refractivity contribution in [3.05, 3.63) is 29.8 Å². The minimum absolute atomic E-state index is 0.114. The predicted octanol–water partition coefficient (Wildman–Crippen LogP) is 2.57. The number of ether oxygens (including phenoxy) is 1. The van der Waals surface area contributed by atoms with E-state index >= 15 is 0 Å². The number of nitrogens with zero attached hydrogens (tertiary/aromatic N) is 1. The van der Waals surface area contributed by atoms with Crippen molar-refractivity contribution in [3.63, 3.8) is 0 Å². The Morgan fingerprint density at radius 1 is 1.27 bits per heavy atom. The van der Waals surface area contributed by atoms with Crippen molar-refractivity contribution in [3.8, 4) is 5.75 Å². The number of carbonyl (C=O) groups is 1. The summed E-state index contributed by atoms with van der Waals surface area (Å²) in [5, 5.41) is 6.90. The third kappa shape index (κ3) is 6.94. The van der Waals surface area contributed by atoms with E-state index < -0.39 is 5.91 Å². The van der Waals surface area contributed by atoms with E-state index in [4.69, 9.17) is 15.5 Å². The molecule has 0 atom stereocenters. The molecule has 1 aromatic rings. The molecule has 0 radical (unpaired) electrons. The Bertz CT molecular complexity index is 595. The van der Waals surface area contributed by atoms with Gasteiger partial charge in [-0.15, -0.1) is 0 Å². The lowest BCUT2D eigenvalue weighted by Crippen LogP contribution is -2.44. The number of guanidine groups is 1. The second-order valence-electron chi connectivity index (χ2n) is 6.87. The molecule has 0 unspecified atom stereocenters. The second kappa shape index (κ2) is 10.7. The summed E-state index contributed by atoms with van der Waals surface area (Å²) in [6.45, 7) is 5.62. The molecule has 0 aliphatic heterocycles. The van der Waals surface area contributed by atoms with Crippen LogP contribution in [-0.4, -0.2) is 31.1 Å². The van der Waals surface area contributed by atoms with Crippen LogP contribution in [0.4, 0.5) is 0 Å². The number of hydrogen-bond donors (Lipinski definition) is 3. The van der Waals surface area contributed by atoms with E-state index in [1.165, 1.54) is 32.1 Å². The summed E-state index contributed by atoms with van der Waals surface area (Å²) in [5.41, 5.74) is 6.14. The molecule has 6 nitrogen and oxygen atoms in total. The van der Waals surface area contributed by atoms with Crippen LogP contribution in [0.25, 0.3) is 0 Å². The zero-order valence-electron chi connectivity index (χ0n) is 16.0. The third-order valence-electron chi connectivity index (χ3n) is 4.81. The van der Waals surface area contributed by atoms with Crippen LogP contribution < -0.4 is 21.1 Å². The number of carbonyl (C=O) groups excluding carboxylic acids is 1. The first-order chi connectivity index (χ1) is 12.6. The van der Waals surface area contributed by atoms with Crippen molar-refractivity contribution in [1.29, 1.82) is 0 Å². The highest BCUT2D eigenvalue weighted by atomic mass is 16.5. The van der Waals surface area contributed by atoms with Gasteiger partial charge in [0, 0.05) is 12.6 Å². The normalized spacial score (nSPS) is 20.5. The molecule has 0 spiro atoms. The van der Waals surface area contributed by atoms with Crippen molar-refractivity contribution in [1.82, 2.24) is 10.6 Å². The molecular weight excluding hydrogens is 328 g/mol. The zero-order valence-corrected chi connectivity index (χ0v) is 16.0. The lowest BCUT2D eigenvalue weighted by atomic mass is 9.84. The Kier molecular flexibility index (Phi) is 8.25. The SMILES string of the molecule is CCNC(=NCc1cccc(OCC(N)=O)c1)NC1CCC(CC)CC1. The summed E-state index contributed by atoms with van der Waals surface area (Å²) in [4.78, 5) is 15.5. The van der Waals surface area contributed by atoms with Gasteiger partial charge in [-0.1, -0.05) is 25.5 Å². The molecule has 6 heteroatoms. The van der Waals surface area contributed by atoms with Gasteiger partial charge in [0.1, 0.15) is 5.75 Å². The van der Waals surface area contributed by atoms with Crippen LogP contribution in [0.15, 0.2) is 29.3 Å². The first-order valence-electron chi connectivity index (χ1n) is 9.65. The molecule has 144 valence electrons. The number of rotatable bonds is 8. The number of nitrogens with two attached hydrogens (primary N) is 1. The van der Waals surface area contributed by atoms with E-state index in [-0.39, 0.29) is 6.61 Å². The third-order valence-corrected chi connectivity index (χ3v) is 4.81. The van der Waals surface area contributed by atoms with Gasteiger partial charge < -0.3 is 21.1 Å². The molecule has 1 saturated carbocycles. The van der Waals surface area contributed by atoms with Gasteiger partial charge in [0.2, 0.25) is 0 Å². The smallest absolute Gasteiger partial charge is 0.255 e. The first-order valence-corrected chi connectivity index (χ1v) is 9.65. The van der Waals surface area contributed by atoms with E-state index in [9.17, 15) is 4.79 Å². The van der Waals surface area contributed by atoms with Crippen LogP contribution in [0.1, 0.15) is 51.5 Å². The van der Waals surface area contributed by atoms with Gasteiger partial charge in [-0.3, -0.25) is 4.79 Å². The summed E-state index contributed by atoms with van der Waals surface area (Å²) in [6.07, 6.45) is 6.30. The minimum atomic E-state index is -0.482. The lowest BCUT2D eigenvalue weighted by molar-refractivity contribution is -0.119. The molecule has 2 rings (SSSR count). The van der Waals surface area contributed by atoms with Gasteiger partial charge in [-0.2, -0.15) is 0 Å². The van der Waals surface area contributed by atoms with Gasteiger partial charge >= 0.3 is 0 Å². The quantitative estimate of drug-likeness (QED) is 0.491. The topological polar surface area (TPSA) is 88.7 Å². The number of benzene rings is 1. The molecule has 0 bridgehead atoms. The molecular formula is C20H32N4O2. The Hall–Kier alpha value is -2.24. The molecule has 1 aliphatic rings. The van der Waals surface area contributed by atoms with Gasteiger partial charge in [-0.25, -0.2) is 4.99 Å². The Balaban J connectivity index is 1.91. The average Bonchev–Trinajstić information content (AvgIpc) is 2.65. The number of amides is 1. The highest BCUT2D eigenvalue weighted by molar-refractivity contribution is 5.80. The second-order valence-corrected chi connectivity index (χ2v) is 6.87. The maximum atomic E-state index is 10.8. The van der Waals surface area contributed by atoms with E-state index in [1.807, 2.05) is 24.3 Å². The Morgan fingerprint density at radius 2 is 2.04 bits per heavy atom. The van der Waals surface area contributed by atoms with Crippen LogP contribution in [-0.2, 0) is 11.3 Å². The lowest BCUT2D eigenvalue weighted by Gasteiger charge is -2.29. The summed E-state index contributed by atoms with van der Waals surface area (Å²) in [7, 11) is 0. The molecule has 1 amide bonds. The fourth-order valence-corrected chi connectivity index (χ4v) is 3.29. The van der Waals surface area contributed by atoms with Crippen LogP contribution in [0.2, 0.25) is 0 Å². The van der Waals surface area contributed by atoms with Gasteiger partial charge in [0.25, 0.3) is 5.91 Å². The van der Waals surface area contributed by atoms with Gasteiger partial charge in [-0.05, 0) is 56.2 Å². The van der Waals surface area contributed by atoms with Gasteiger partial charge in [0.05, 0.1) is 6.54 Å². The largest absolute Gasteiger partial charge is 0.484 e. The first kappa shape index (κ1) is 20.1. The molecule has 26 heavy (non-hydrogen) atoms. The van der Waals surface area contributed by atoms with Crippen molar-refractivity contribution < 1.29 is 9.53 Å². The number of nitrogens with one attached hydrogen (secondary N) is 2. The van der Waals surface area contributed by atoms with E-state index in [0.717, 1.165) is 24.0 Å².